The topological polar surface area (TPSA) is 69.7 Å². The maximum atomic E-state index is 13.0. The quantitative estimate of drug-likeness (QED) is 0.435. The molecule has 1 aliphatic heterocycles. The number of sulfonamides is 1. The Labute approximate surface area is 194 Å². The number of piperidine rings is 1. The van der Waals surface area contributed by atoms with Gasteiger partial charge in [0, 0.05) is 44.3 Å². The third kappa shape index (κ3) is 6.24. The van der Waals surface area contributed by atoms with Gasteiger partial charge < -0.3 is 10.2 Å². The summed E-state index contributed by atoms with van der Waals surface area (Å²) in [6, 6.07) is 11.2. The minimum absolute atomic E-state index is 0.111. The van der Waals surface area contributed by atoms with Crippen molar-refractivity contribution in [1.29, 1.82) is 0 Å². The van der Waals surface area contributed by atoms with E-state index in [1.54, 1.807) is 36.0 Å². The molecule has 1 heterocycles. The summed E-state index contributed by atoms with van der Waals surface area (Å²) in [6.07, 6.45) is 4.01. The Bertz CT molecular complexity index is 1020. The lowest BCUT2D eigenvalue weighted by atomic mass is 10.1. The molecule has 3 rings (SSSR count). The zero-order valence-corrected chi connectivity index (χ0v) is 20.1. The van der Waals surface area contributed by atoms with E-state index in [0.717, 1.165) is 59.4 Å². The third-order valence-corrected chi connectivity index (χ3v) is 8.29. The summed E-state index contributed by atoms with van der Waals surface area (Å²) in [5.74, 6) is 0.248. The van der Waals surface area contributed by atoms with Crippen LogP contribution in [0.15, 0.2) is 52.3 Å². The van der Waals surface area contributed by atoms with Crippen molar-refractivity contribution in [2.75, 3.05) is 44.4 Å². The van der Waals surface area contributed by atoms with Crippen LogP contribution >= 0.6 is 11.8 Å². The summed E-state index contributed by atoms with van der Waals surface area (Å²) < 4.78 is 39.4. The fourth-order valence-corrected chi connectivity index (χ4v) is 5.35. The Morgan fingerprint density at radius 1 is 1.09 bits per heavy atom. The van der Waals surface area contributed by atoms with Crippen molar-refractivity contribution in [2.45, 2.75) is 35.5 Å². The normalized spacial score (nSPS) is 14.6. The lowest BCUT2D eigenvalue weighted by Crippen LogP contribution is -2.33. The summed E-state index contributed by atoms with van der Waals surface area (Å²) in [5, 5.41) is 2.93. The van der Waals surface area contributed by atoms with E-state index < -0.39 is 10.0 Å². The number of nitrogens with zero attached hydrogens (tertiary/aromatic N) is 2. The molecule has 0 aliphatic carbocycles. The summed E-state index contributed by atoms with van der Waals surface area (Å²) in [7, 11) is -0.681. The Balaban J connectivity index is 1.68. The van der Waals surface area contributed by atoms with E-state index in [-0.39, 0.29) is 16.6 Å². The van der Waals surface area contributed by atoms with Gasteiger partial charge in [-0.05, 0) is 73.9 Å². The van der Waals surface area contributed by atoms with Crippen LogP contribution in [0.25, 0.3) is 0 Å². The van der Waals surface area contributed by atoms with Gasteiger partial charge in [-0.3, -0.25) is 4.79 Å². The molecule has 0 aromatic heterocycles. The standard InChI is InChI=1S/C23H30FN3O3S2/c1-26(2)32(29,30)20-11-12-22(27-14-4-3-5-15-27)21(17-20)23(28)25-13-6-16-31-19-9-7-18(24)8-10-19/h7-12,17H,3-6,13-16H2,1-2H3,(H,25,28). The maximum absolute atomic E-state index is 13.0. The SMILES string of the molecule is CN(C)S(=O)(=O)c1ccc(N2CCCCC2)c(C(=O)NCCCSc2ccc(F)cc2)c1. The molecule has 1 fully saturated rings. The highest BCUT2D eigenvalue weighted by Gasteiger charge is 2.24. The fraction of sp³-hybridized carbons (Fsp3) is 0.435. The van der Waals surface area contributed by atoms with Crippen molar-refractivity contribution in [2.24, 2.45) is 0 Å². The number of hydrogen-bond donors (Lipinski definition) is 1. The number of thioether (sulfide) groups is 1. The second-order valence-corrected chi connectivity index (χ2v) is 11.2. The van der Waals surface area contributed by atoms with Crippen LogP contribution in [0.1, 0.15) is 36.0 Å². The van der Waals surface area contributed by atoms with Crippen molar-refractivity contribution in [3.8, 4) is 0 Å². The fourth-order valence-electron chi connectivity index (χ4n) is 3.57. The first-order valence-electron chi connectivity index (χ1n) is 10.8. The second kappa shape index (κ2) is 11.2. The van der Waals surface area contributed by atoms with Gasteiger partial charge in [-0.1, -0.05) is 0 Å². The monoisotopic (exact) mass is 479 g/mol. The predicted octanol–water partition coefficient (Wildman–Crippen LogP) is 3.98. The first kappa shape index (κ1) is 24.5. The van der Waals surface area contributed by atoms with Gasteiger partial charge in [-0.15, -0.1) is 11.8 Å². The highest BCUT2D eigenvalue weighted by molar-refractivity contribution is 7.99. The minimum Gasteiger partial charge on any atom is -0.371 e. The highest BCUT2D eigenvalue weighted by Crippen LogP contribution is 2.28. The Morgan fingerprint density at radius 3 is 2.44 bits per heavy atom. The molecule has 1 saturated heterocycles. The number of benzene rings is 2. The second-order valence-electron chi connectivity index (χ2n) is 7.93. The van der Waals surface area contributed by atoms with Crippen molar-refractivity contribution < 1.29 is 17.6 Å². The largest absolute Gasteiger partial charge is 0.371 e. The number of carbonyl (C=O) groups excluding carboxylic acids is 1. The summed E-state index contributed by atoms with van der Waals surface area (Å²) in [6.45, 7) is 2.18. The summed E-state index contributed by atoms with van der Waals surface area (Å²) in [4.78, 5) is 16.3. The van der Waals surface area contributed by atoms with E-state index in [9.17, 15) is 17.6 Å². The molecule has 0 saturated carbocycles. The number of hydrogen-bond acceptors (Lipinski definition) is 5. The molecule has 174 valence electrons. The number of anilines is 1. The average Bonchev–Trinajstić information content (AvgIpc) is 2.80. The first-order valence-corrected chi connectivity index (χ1v) is 13.2. The molecular weight excluding hydrogens is 449 g/mol. The van der Waals surface area contributed by atoms with E-state index in [2.05, 4.69) is 10.2 Å². The van der Waals surface area contributed by atoms with Gasteiger partial charge in [-0.2, -0.15) is 0 Å². The molecule has 1 aliphatic rings. The molecule has 0 atom stereocenters. The average molecular weight is 480 g/mol. The Morgan fingerprint density at radius 2 is 1.78 bits per heavy atom. The van der Waals surface area contributed by atoms with Gasteiger partial charge in [0.15, 0.2) is 0 Å². The lowest BCUT2D eigenvalue weighted by Gasteiger charge is -2.30. The maximum Gasteiger partial charge on any atom is 0.253 e. The highest BCUT2D eigenvalue weighted by atomic mass is 32.2. The lowest BCUT2D eigenvalue weighted by molar-refractivity contribution is 0.0954. The third-order valence-electron chi connectivity index (χ3n) is 5.38. The van der Waals surface area contributed by atoms with Crippen LogP contribution in [-0.4, -0.2) is 58.1 Å². The Hall–Kier alpha value is -2.10. The molecule has 6 nitrogen and oxygen atoms in total. The van der Waals surface area contributed by atoms with Gasteiger partial charge in [-0.25, -0.2) is 17.1 Å². The van der Waals surface area contributed by atoms with Crippen LogP contribution in [0.2, 0.25) is 0 Å². The number of rotatable bonds is 9. The van der Waals surface area contributed by atoms with Crippen molar-refractivity contribution >= 4 is 33.4 Å². The van der Waals surface area contributed by atoms with Crippen molar-refractivity contribution in [3.63, 3.8) is 0 Å². The molecule has 0 radical (unpaired) electrons. The van der Waals surface area contributed by atoms with Crippen LogP contribution < -0.4 is 10.2 Å². The van der Waals surface area contributed by atoms with Crippen LogP contribution in [-0.2, 0) is 10.0 Å². The van der Waals surface area contributed by atoms with E-state index in [1.807, 2.05) is 0 Å². The minimum atomic E-state index is -3.64. The first-order chi connectivity index (χ1) is 15.3. The molecule has 0 spiro atoms. The molecule has 1 amide bonds. The van der Waals surface area contributed by atoms with Gasteiger partial charge >= 0.3 is 0 Å². The Kier molecular flexibility index (Phi) is 8.56. The number of halogens is 1. The van der Waals surface area contributed by atoms with Crippen LogP contribution in [0.5, 0.6) is 0 Å². The number of amides is 1. The predicted molar refractivity (Wildman–Crippen MR) is 127 cm³/mol. The smallest absolute Gasteiger partial charge is 0.253 e. The summed E-state index contributed by atoms with van der Waals surface area (Å²) >= 11 is 1.60. The number of nitrogens with one attached hydrogen (secondary N) is 1. The van der Waals surface area contributed by atoms with E-state index in [0.29, 0.717) is 12.1 Å². The van der Waals surface area contributed by atoms with Gasteiger partial charge in [0.1, 0.15) is 5.82 Å². The van der Waals surface area contributed by atoms with Gasteiger partial charge in [0.05, 0.1) is 10.5 Å². The molecule has 1 N–H and O–H groups in total. The molecule has 0 unspecified atom stereocenters. The summed E-state index contributed by atoms with van der Waals surface area (Å²) in [5.41, 5.74) is 1.17. The molecule has 2 aromatic rings. The van der Waals surface area contributed by atoms with Crippen LogP contribution in [0, 0.1) is 5.82 Å². The zero-order chi connectivity index (χ0) is 23.1. The molecule has 9 heteroatoms. The molecule has 0 bridgehead atoms. The van der Waals surface area contributed by atoms with Gasteiger partial charge in [0.25, 0.3) is 5.91 Å². The molecule has 32 heavy (non-hydrogen) atoms. The van der Waals surface area contributed by atoms with Crippen molar-refractivity contribution in [3.05, 3.63) is 53.8 Å². The van der Waals surface area contributed by atoms with Crippen LogP contribution in [0.3, 0.4) is 0 Å². The van der Waals surface area contributed by atoms with Gasteiger partial charge in [0.2, 0.25) is 10.0 Å². The zero-order valence-electron chi connectivity index (χ0n) is 18.5. The number of carbonyl (C=O) groups is 1. The molecular formula is C23H30FN3O3S2. The van der Waals surface area contributed by atoms with E-state index in [1.165, 1.54) is 32.3 Å². The molecule has 2 aromatic carbocycles. The van der Waals surface area contributed by atoms with Crippen LogP contribution in [0.4, 0.5) is 10.1 Å². The van der Waals surface area contributed by atoms with Crippen molar-refractivity contribution in [1.82, 2.24) is 9.62 Å². The van der Waals surface area contributed by atoms with E-state index >= 15 is 0 Å². The van der Waals surface area contributed by atoms with E-state index in [4.69, 9.17) is 0 Å².